The molecular formula is C14H16N4. The van der Waals surface area contributed by atoms with E-state index in [1.54, 1.807) is 6.21 Å². The molecule has 4 heteroatoms. The normalized spacial score (nSPS) is 18.2. The van der Waals surface area contributed by atoms with Gasteiger partial charge in [0.25, 0.3) is 0 Å². The Balaban J connectivity index is 2.06. The Hall–Kier alpha value is -2.03. The summed E-state index contributed by atoms with van der Waals surface area (Å²) in [4.78, 5) is 6.74. The van der Waals surface area contributed by atoms with E-state index >= 15 is 0 Å². The second-order valence-electron chi connectivity index (χ2n) is 4.45. The number of piperazine rings is 1. The van der Waals surface area contributed by atoms with Gasteiger partial charge in [-0.25, -0.2) is 0 Å². The van der Waals surface area contributed by atoms with Gasteiger partial charge >= 0.3 is 0 Å². The number of hydrogen-bond donors (Lipinski definition) is 2. The predicted molar refractivity (Wildman–Crippen MR) is 74.9 cm³/mol. The van der Waals surface area contributed by atoms with Crippen LogP contribution >= 0.6 is 0 Å². The van der Waals surface area contributed by atoms with Crippen LogP contribution in [0.25, 0.3) is 5.70 Å². The van der Waals surface area contributed by atoms with E-state index in [1.165, 1.54) is 0 Å². The number of nitrogens with one attached hydrogen (secondary N) is 1. The van der Waals surface area contributed by atoms with Crippen molar-refractivity contribution < 1.29 is 0 Å². The van der Waals surface area contributed by atoms with E-state index in [0.29, 0.717) is 0 Å². The van der Waals surface area contributed by atoms with Crippen molar-refractivity contribution in [2.24, 2.45) is 4.99 Å². The minimum atomic E-state index is 0.764. The maximum Gasteiger partial charge on any atom is 0.0897 e. The molecule has 1 saturated heterocycles. The number of allylic oxidation sites excluding steroid dienone is 1. The second-order valence-corrected chi connectivity index (χ2v) is 4.45. The van der Waals surface area contributed by atoms with E-state index < -0.39 is 0 Å². The average molecular weight is 240 g/mol. The molecule has 0 unspecified atom stereocenters. The Morgan fingerprint density at radius 1 is 1.28 bits per heavy atom. The van der Waals surface area contributed by atoms with Gasteiger partial charge in [0, 0.05) is 49.7 Å². The van der Waals surface area contributed by atoms with Gasteiger partial charge in [-0.2, -0.15) is 0 Å². The molecule has 0 bridgehead atoms. The van der Waals surface area contributed by atoms with Crippen molar-refractivity contribution in [2.45, 2.75) is 0 Å². The highest BCUT2D eigenvalue weighted by atomic mass is 15.2. The lowest BCUT2D eigenvalue weighted by Gasteiger charge is -2.30. The maximum atomic E-state index is 5.89. The first-order chi connectivity index (χ1) is 8.84. The number of anilines is 1. The molecule has 3 N–H and O–H groups in total. The van der Waals surface area contributed by atoms with E-state index in [0.717, 1.165) is 48.8 Å². The van der Waals surface area contributed by atoms with E-state index in [9.17, 15) is 0 Å². The molecule has 2 aliphatic heterocycles. The summed E-state index contributed by atoms with van der Waals surface area (Å²) < 4.78 is 0. The fourth-order valence-corrected chi connectivity index (χ4v) is 2.32. The van der Waals surface area contributed by atoms with Crippen LogP contribution in [0, 0.1) is 0 Å². The van der Waals surface area contributed by atoms with Crippen LogP contribution in [-0.2, 0) is 0 Å². The third-order valence-electron chi connectivity index (χ3n) is 3.22. The van der Waals surface area contributed by atoms with Gasteiger partial charge in [0.1, 0.15) is 0 Å². The molecule has 0 amide bonds. The van der Waals surface area contributed by atoms with Crippen molar-refractivity contribution in [1.82, 2.24) is 10.2 Å². The Kier molecular flexibility index (Phi) is 2.89. The van der Waals surface area contributed by atoms with E-state index in [2.05, 4.69) is 20.9 Å². The highest BCUT2D eigenvalue weighted by Gasteiger charge is 2.17. The standard InChI is InChI=1S/C14H16N4/c15-11-3-4-13-12(10-11)14(2-1-5-17-13)18-8-6-16-7-9-18/h1,3-5,10,16H,6-9,15H2. The first kappa shape index (κ1) is 11.1. The zero-order valence-electron chi connectivity index (χ0n) is 10.2. The van der Waals surface area contributed by atoms with Crippen molar-refractivity contribution >= 4 is 23.3 Å². The third kappa shape index (κ3) is 2.04. The molecule has 1 aromatic carbocycles. The van der Waals surface area contributed by atoms with Crippen LogP contribution in [0.3, 0.4) is 0 Å². The molecule has 0 spiro atoms. The highest BCUT2D eigenvalue weighted by Crippen LogP contribution is 2.31. The van der Waals surface area contributed by atoms with Crippen LogP contribution in [0.2, 0.25) is 0 Å². The number of rotatable bonds is 1. The first-order valence-electron chi connectivity index (χ1n) is 6.19. The van der Waals surface area contributed by atoms with Crippen molar-refractivity contribution in [3.63, 3.8) is 0 Å². The molecule has 3 rings (SSSR count). The van der Waals surface area contributed by atoms with Gasteiger partial charge in [0.2, 0.25) is 0 Å². The number of hydrogen-bond acceptors (Lipinski definition) is 4. The Labute approximate surface area is 107 Å². The lowest BCUT2D eigenvalue weighted by Crippen LogP contribution is -2.42. The predicted octanol–water partition coefficient (Wildman–Crippen LogP) is 1.39. The van der Waals surface area contributed by atoms with Gasteiger partial charge in [-0.15, -0.1) is 0 Å². The van der Waals surface area contributed by atoms with Gasteiger partial charge in [0.05, 0.1) is 11.4 Å². The molecule has 1 fully saturated rings. The van der Waals surface area contributed by atoms with Crippen molar-refractivity contribution in [1.29, 1.82) is 0 Å². The number of nitrogens with two attached hydrogens (primary N) is 1. The average Bonchev–Trinajstić information content (AvgIpc) is 2.61. The lowest BCUT2D eigenvalue weighted by molar-refractivity contribution is 0.341. The smallest absolute Gasteiger partial charge is 0.0897 e. The highest BCUT2D eigenvalue weighted by molar-refractivity contribution is 5.85. The summed E-state index contributed by atoms with van der Waals surface area (Å²) in [6.45, 7) is 3.99. The van der Waals surface area contributed by atoms with Crippen LogP contribution < -0.4 is 11.1 Å². The number of nitrogens with zero attached hydrogens (tertiary/aromatic N) is 2. The molecule has 2 aliphatic rings. The van der Waals surface area contributed by atoms with Crippen LogP contribution in [0.4, 0.5) is 11.4 Å². The molecule has 1 aromatic rings. The van der Waals surface area contributed by atoms with E-state index in [4.69, 9.17) is 5.73 Å². The molecule has 4 nitrogen and oxygen atoms in total. The molecule has 0 radical (unpaired) electrons. The summed E-state index contributed by atoms with van der Waals surface area (Å²) in [7, 11) is 0. The minimum Gasteiger partial charge on any atom is -0.399 e. The lowest BCUT2D eigenvalue weighted by atomic mass is 10.1. The van der Waals surface area contributed by atoms with E-state index in [1.807, 2.05) is 24.3 Å². The topological polar surface area (TPSA) is 53.6 Å². The molecule has 0 aliphatic carbocycles. The molecule has 2 heterocycles. The first-order valence-corrected chi connectivity index (χ1v) is 6.19. The maximum absolute atomic E-state index is 5.89. The summed E-state index contributed by atoms with van der Waals surface area (Å²) in [6.07, 6.45) is 3.65. The number of fused-ring (bicyclic) bond motifs is 1. The molecular weight excluding hydrogens is 224 g/mol. The van der Waals surface area contributed by atoms with Crippen molar-refractivity contribution in [3.05, 3.63) is 35.6 Å². The Morgan fingerprint density at radius 3 is 2.94 bits per heavy atom. The van der Waals surface area contributed by atoms with Gasteiger partial charge in [-0.05, 0) is 18.2 Å². The molecule has 92 valence electrons. The van der Waals surface area contributed by atoms with E-state index in [-0.39, 0.29) is 0 Å². The fraction of sp³-hybridized carbons (Fsp3) is 0.286. The number of aliphatic imine (C=N–C) groups is 1. The number of nitrogen functional groups attached to an aromatic ring is 1. The summed E-state index contributed by atoms with van der Waals surface area (Å²) >= 11 is 0. The van der Waals surface area contributed by atoms with Crippen LogP contribution in [0.15, 0.2) is 35.0 Å². The Bertz CT molecular complexity index is 547. The largest absolute Gasteiger partial charge is 0.399 e. The number of benzene rings is 1. The van der Waals surface area contributed by atoms with Gasteiger partial charge in [-0.3, -0.25) is 4.99 Å². The second kappa shape index (κ2) is 4.69. The van der Waals surface area contributed by atoms with Crippen LogP contribution in [-0.4, -0.2) is 37.3 Å². The third-order valence-corrected chi connectivity index (χ3v) is 3.22. The van der Waals surface area contributed by atoms with Crippen molar-refractivity contribution in [2.75, 3.05) is 31.9 Å². The summed E-state index contributed by atoms with van der Waals surface area (Å²) in [6, 6.07) is 5.83. The molecule has 0 atom stereocenters. The minimum absolute atomic E-state index is 0.764. The van der Waals surface area contributed by atoms with Gasteiger partial charge in [-0.1, -0.05) is 5.73 Å². The van der Waals surface area contributed by atoms with Gasteiger partial charge in [0.15, 0.2) is 0 Å². The fourth-order valence-electron chi connectivity index (χ4n) is 2.32. The molecule has 0 saturated carbocycles. The van der Waals surface area contributed by atoms with Gasteiger partial charge < -0.3 is 16.0 Å². The van der Waals surface area contributed by atoms with Crippen molar-refractivity contribution in [3.8, 4) is 0 Å². The molecule has 18 heavy (non-hydrogen) atoms. The molecule has 0 aromatic heterocycles. The Morgan fingerprint density at radius 2 is 2.11 bits per heavy atom. The van der Waals surface area contributed by atoms with Crippen LogP contribution in [0.1, 0.15) is 5.56 Å². The monoisotopic (exact) mass is 240 g/mol. The SMILES string of the molecule is Nc1ccc2c(c1)C(N1CCNCC1)=C=CC=N2. The summed E-state index contributed by atoms with van der Waals surface area (Å²) in [5.74, 6) is 0. The summed E-state index contributed by atoms with van der Waals surface area (Å²) in [5.41, 5.74) is 13.1. The quantitative estimate of drug-likeness (QED) is 0.576. The summed E-state index contributed by atoms with van der Waals surface area (Å²) in [5, 5.41) is 3.36. The zero-order valence-corrected chi connectivity index (χ0v) is 10.2. The zero-order chi connectivity index (χ0) is 12.4. The van der Waals surface area contributed by atoms with Crippen LogP contribution in [0.5, 0.6) is 0 Å².